The minimum Gasteiger partial charge on any atom is -0.454 e. The Morgan fingerprint density at radius 1 is 1.24 bits per heavy atom. The van der Waals surface area contributed by atoms with Crippen molar-refractivity contribution >= 4 is 39.1 Å². The number of ether oxygens (including phenoxy) is 1. The van der Waals surface area contributed by atoms with Crippen molar-refractivity contribution in [2.75, 3.05) is 0 Å². The van der Waals surface area contributed by atoms with Crippen molar-refractivity contribution < 1.29 is 4.74 Å². The largest absolute Gasteiger partial charge is 0.454 e. The zero-order valence-electron chi connectivity index (χ0n) is 8.66. The monoisotopic (exact) mass is 331 g/mol. The molecule has 0 saturated carbocycles. The predicted molar refractivity (Wildman–Crippen MR) is 73.0 cm³/mol. The maximum absolute atomic E-state index is 6.04. The standard InChI is InChI=1S/C12H8BrCl2NO/c13-9-1-2-10(15)11(5-9)17-12-7-16-4-3-8(12)6-14/h1-5,7H,6H2. The van der Waals surface area contributed by atoms with Gasteiger partial charge in [0.1, 0.15) is 11.5 Å². The summed E-state index contributed by atoms with van der Waals surface area (Å²) in [6.07, 6.45) is 3.29. The number of aromatic nitrogens is 1. The number of rotatable bonds is 3. The number of halogens is 3. The summed E-state index contributed by atoms with van der Waals surface area (Å²) in [5.74, 6) is 1.55. The zero-order chi connectivity index (χ0) is 12.3. The Morgan fingerprint density at radius 3 is 2.82 bits per heavy atom. The summed E-state index contributed by atoms with van der Waals surface area (Å²) in [7, 11) is 0. The fraction of sp³-hybridized carbons (Fsp3) is 0.0833. The average molecular weight is 333 g/mol. The maximum Gasteiger partial charge on any atom is 0.150 e. The molecule has 0 aliphatic heterocycles. The molecule has 1 heterocycles. The number of hydrogen-bond acceptors (Lipinski definition) is 2. The molecule has 0 fully saturated rings. The normalized spacial score (nSPS) is 10.3. The molecule has 0 aliphatic carbocycles. The van der Waals surface area contributed by atoms with Crippen LogP contribution in [0.5, 0.6) is 11.5 Å². The molecule has 0 amide bonds. The molecule has 0 atom stereocenters. The molecule has 1 aromatic carbocycles. The quantitative estimate of drug-likeness (QED) is 0.735. The average Bonchev–Trinajstić information content (AvgIpc) is 2.34. The minimum atomic E-state index is 0.365. The molecule has 2 rings (SSSR count). The molecule has 0 saturated heterocycles. The molecule has 17 heavy (non-hydrogen) atoms. The van der Waals surface area contributed by atoms with Gasteiger partial charge in [0.25, 0.3) is 0 Å². The van der Waals surface area contributed by atoms with Gasteiger partial charge in [-0.15, -0.1) is 11.6 Å². The van der Waals surface area contributed by atoms with Crippen LogP contribution in [-0.2, 0) is 5.88 Å². The summed E-state index contributed by atoms with van der Waals surface area (Å²) < 4.78 is 6.60. The molecular formula is C12H8BrCl2NO. The molecular weight excluding hydrogens is 325 g/mol. The summed E-state index contributed by atoms with van der Waals surface area (Å²) >= 11 is 15.2. The molecule has 0 aliphatic rings. The van der Waals surface area contributed by atoms with Gasteiger partial charge < -0.3 is 4.74 Å². The van der Waals surface area contributed by atoms with Gasteiger partial charge in [-0.1, -0.05) is 27.5 Å². The van der Waals surface area contributed by atoms with Crippen LogP contribution in [0.2, 0.25) is 5.02 Å². The van der Waals surface area contributed by atoms with Gasteiger partial charge in [0.05, 0.1) is 17.1 Å². The number of alkyl halides is 1. The first kappa shape index (κ1) is 12.7. The van der Waals surface area contributed by atoms with Gasteiger partial charge in [-0.05, 0) is 24.3 Å². The number of benzene rings is 1. The Kier molecular flexibility index (Phi) is 4.26. The second kappa shape index (κ2) is 5.71. The Morgan fingerprint density at radius 2 is 2.06 bits per heavy atom. The Balaban J connectivity index is 2.34. The highest BCUT2D eigenvalue weighted by atomic mass is 79.9. The Hall–Kier alpha value is -0.770. The molecule has 2 aromatic rings. The van der Waals surface area contributed by atoms with Crippen molar-refractivity contribution in [2.45, 2.75) is 5.88 Å². The topological polar surface area (TPSA) is 22.1 Å². The molecule has 0 unspecified atom stereocenters. The fourth-order valence-corrected chi connectivity index (χ4v) is 2.00. The zero-order valence-corrected chi connectivity index (χ0v) is 11.8. The van der Waals surface area contributed by atoms with E-state index in [9.17, 15) is 0 Å². The van der Waals surface area contributed by atoms with E-state index in [2.05, 4.69) is 20.9 Å². The molecule has 1 aromatic heterocycles. The second-order valence-corrected chi connectivity index (χ2v) is 4.88. The van der Waals surface area contributed by atoms with Gasteiger partial charge in [0, 0.05) is 16.2 Å². The lowest BCUT2D eigenvalue weighted by Crippen LogP contribution is -1.91. The minimum absolute atomic E-state index is 0.365. The third-order valence-corrected chi connectivity index (χ3v) is 3.22. The summed E-state index contributed by atoms with van der Waals surface area (Å²) in [6, 6.07) is 7.22. The lowest BCUT2D eigenvalue weighted by Gasteiger charge is -2.10. The number of hydrogen-bond donors (Lipinski definition) is 0. The smallest absolute Gasteiger partial charge is 0.150 e. The van der Waals surface area contributed by atoms with Crippen LogP contribution in [0, 0.1) is 0 Å². The molecule has 5 heteroatoms. The second-order valence-electron chi connectivity index (χ2n) is 3.29. The molecule has 0 bridgehead atoms. The van der Waals surface area contributed by atoms with Crippen molar-refractivity contribution in [1.29, 1.82) is 0 Å². The number of pyridine rings is 1. The van der Waals surface area contributed by atoms with E-state index in [0.29, 0.717) is 22.4 Å². The molecule has 0 spiro atoms. The maximum atomic E-state index is 6.04. The number of nitrogens with zero attached hydrogens (tertiary/aromatic N) is 1. The van der Waals surface area contributed by atoms with E-state index in [1.165, 1.54) is 0 Å². The van der Waals surface area contributed by atoms with Gasteiger partial charge in [0.2, 0.25) is 0 Å². The highest BCUT2D eigenvalue weighted by Crippen LogP contribution is 2.33. The van der Waals surface area contributed by atoms with Crippen molar-refractivity contribution in [2.24, 2.45) is 0 Å². The first-order valence-electron chi connectivity index (χ1n) is 4.82. The molecule has 88 valence electrons. The van der Waals surface area contributed by atoms with Gasteiger partial charge in [-0.25, -0.2) is 0 Å². The van der Waals surface area contributed by atoms with Crippen LogP contribution >= 0.6 is 39.1 Å². The van der Waals surface area contributed by atoms with Crippen LogP contribution in [-0.4, -0.2) is 4.98 Å². The van der Waals surface area contributed by atoms with Gasteiger partial charge >= 0.3 is 0 Å². The van der Waals surface area contributed by atoms with E-state index in [0.717, 1.165) is 10.0 Å². The predicted octanol–water partition coefficient (Wildman–Crippen LogP) is 5.03. The van der Waals surface area contributed by atoms with E-state index < -0.39 is 0 Å². The Labute approximate surface area is 118 Å². The van der Waals surface area contributed by atoms with Crippen LogP contribution in [0.4, 0.5) is 0 Å². The SMILES string of the molecule is ClCc1ccncc1Oc1cc(Br)ccc1Cl. The third kappa shape index (κ3) is 3.12. The fourth-order valence-electron chi connectivity index (χ4n) is 1.28. The van der Waals surface area contributed by atoms with Crippen LogP contribution in [0.15, 0.2) is 41.1 Å². The molecule has 2 nitrogen and oxygen atoms in total. The summed E-state index contributed by atoms with van der Waals surface area (Å²) in [5.41, 5.74) is 0.873. The van der Waals surface area contributed by atoms with Crippen molar-refractivity contribution in [3.05, 3.63) is 51.7 Å². The molecule has 0 N–H and O–H groups in total. The summed E-state index contributed by atoms with van der Waals surface area (Å²) in [4.78, 5) is 4.00. The summed E-state index contributed by atoms with van der Waals surface area (Å²) in [6.45, 7) is 0. The van der Waals surface area contributed by atoms with Gasteiger partial charge in [0.15, 0.2) is 0 Å². The molecule has 0 radical (unpaired) electrons. The highest BCUT2D eigenvalue weighted by molar-refractivity contribution is 9.10. The first-order valence-corrected chi connectivity index (χ1v) is 6.53. The van der Waals surface area contributed by atoms with E-state index in [1.807, 2.05) is 12.1 Å². The van der Waals surface area contributed by atoms with Crippen molar-refractivity contribution in [1.82, 2.24) is 4.98 Å². The van der Waals surface area contributed by atoms with Crippen molar-refractivity contribution in [3.63, 3.8) is 0 Å². The van der Waals surface area contributed by atoms with E-state index in [4.69, 9.17) is 27.9 Å². The van der Waals surface area contributed by atoms with E-state index in [1.54, 1.807) is 24.5 Å². The van der Waals surface area contributed by atoms with Crippen molar-refractivity contribution in [3.8, 4) is 11.5 Å². The van der Waals surface area contributed by atoms with Gasteiger partial charge in [-0.2, -0.15) is 0 Å². The Bertz CT molecular complexity index is 534. The lowest BCUT2D eigenvalue weighted by molar-refractivity contribution is 0.476. The van der Waals surface area contributed by atoms with Crippen LogP contribution in [0.1, 0.15) is 5.56 Å². The lowest BCUT2D eigenvalue weighted by atomic mass is 10.3. The van der Waals surface area contributed by atoms with Gasteiger partial charge in [-0.3, -0.25) is 4.98 Å². The third-order valence-electron chi connectivity index (χ3n) is 2.13. The highest BCUT2D eigenvalue weighted by Gasteiger charge is 2.07. The van der Waals surface area contributed by atoms with Crippen LogP contribution < -0.4 is 4.74 Å². The van der Waals surface area contributed by atoms with Crippen LogP contribution in [0.25, 0.3) is 0 Å². The first-order chi connectivity index (χ1) is 8.20. The van der Waals surface area contributed by atoms with Crippen LogP contribution in [0.3, 0.4) is 0 Å². The van der Waals surface area contributed by atoms with E-state index >= 15 is 0 Å². The van der Waals surface area contributed by atoms with E-state index in [-0.39, 0.29) is 0 Å². The summed E-state index contributed by atoms with van der Waals surface area (Å²) in [5, 5.41) is 0.539.